The fourth-order valence-corrected chi connectivity index (χ4v) is 2.11. The zero-order valence-electron chi connectivity index (χ0n) is 10.4. The highest BCUT2D eigenvalue weighted by molar-refractivity contribution is 5.66. The third kappa shape index (κ3) is 1.62. The van der Waals surface area contributed by atoms with E-state index in [0.717, 1.165) is 28.3 Å². The van der Waals surface area contributed by atoms with Crippen LogP contribution in [-0.2, 0) is 0 Å². The summed E-state index contributed by atoms with van der Waals surface area (Å²) in [4.78, 5) is 0. The maximum absolute atomic E-state index is 5.77. The Hall–Kier alpha value is -2.36. The summed E-state index contributed by atoms with van der Waals surface area (Å²) in [6, 6.07) is 9.89. The van der Waals surface area contributed by atoms with Crippen LogP contribution in [0.2, 0.25) is 0 Å². The summed E-state index contributed by atoms with van der Waals surface area (Å²) in [6.45, 7) is 4.07. The van der Waals surface area contributed by atoms with E-state index >= 15 is 0 Å². The molecule has 2 heterocycles. The van der Waals surface area contributed by atoms with Crippen LogP contribution >= 0.6 is 0 Å². The van der Waals surface area contributed by atoms with Crippen LogP contribution < -0.4 is 5.73 Å². The highest BCUT2D eigenvalue weighted by Crippen LogP contribution is 2.24. The molecule has 0 fully saturated rings. The molecule has 1 aromatic carbocycles. The lowest BCUT2D eigenvalue weighted by Gasteiger charge is -2.05. The van der Waals surface area contributed by atoms with Gasteiger partial charge in [-0.25, -0.2) is 0 Å². The standard InChI is InChI=1S/C14H14N4/c1-9-5-6-18-13(7-9)16-17-14(18)12-4-3-11(15)8-10(12)2/h3-8H,15H2,1-2H3. The second-order valence-corrected chi connectivity index (χ2v) is 4.53. The molecule has 90 valence electrons. The van der Waals surface area contributed by atoms with Gasteiger partial charge in [-0.05, 0) is 55.3 Å². The van der Waals surface area contributed by atoms with Crippen molar-refractivity contribution in [2.45, 2.75) is 13.8 Å². The molecule has 0 spiro atoms. The van der Waals surface area contributed by atoms with Crippen molar-refractivity contribution in [1.29, 1.82) is 0 Å². The van der Waals surface area contributed by atoms with Gasteiger partial charge in [0, 0.05) is 17.4 Å². The topological polar surface area (TPSA) is 56.2 Å². The van der Waals surface area contributed by atoms with Gasteiger partial charge in [-0.2, -0.15) is 0 Å². The van der Waals surface area contributed by atoms with Crippen LogP contribution in [0.5, 0.6) is 0 Å². The molecule has 0 saturated carbocycles. The highest BCUT2D eigenvalue weighted by atomic mass is 15.2. The number of rotatable bonds is 1. The van der Waals surface area contributed by atoms with E-state index in [1.165, 1.54) is 5.56 Å². The molecular weight excluding hydrogens is 224 g/mol. The minimum atomic E-state index is 0.765. The number of fused-ring (bicyclic) bond motifs is 1. The Morgan fingerprint density at radius 1 is 1.06 bits per heavy atom. The Morgan fingerprint density at radius 2 is 1.89 bits per heavy atom. The Kier molecular flexibility index (Phi) is 2.30. The lowest BCUT2D eigenvalue weighted by molar-refractivity contribution is 1.11. The van der Waals surface area contributed by atoms with Crippen LogP contribution in [0.15, 0.2) is 36.5 Å². The van der Waals surface area contributed by atoms with Crippen LogP contribution in [-0.4, -0.2) is 14.6 Å². The van der Waals surface area contributed by atoms with Crippen molar-refractivity contribution in [1.82, 2.24) is 14.6 Å². The third-order valence-corrected chi connectivity index (χ3v) is 3.06. The van der Waals surface area contributed by atoms with Gasteiger partial charge in [-0.1, -0.05) is 0 Å². The zero-order valence-corrected chi connectivity index (χ0v) is 10.4. The third-order valence-electron chi connectivity index (χ3n) is 3.06. The van der Waals surface area contributed by atoms with Crippen LogP contribution in [0.4, 0.5) is 5.69 Å². The maximum Gasteiger partial charge on any atom is 0.168 e. The molecular formula is C14H14N4. The molecule has 0 bridgehead atoms. The van der Waals surface area contributed by atoms with Gasteiger partial charge in [0.2, 0.25) is 0 Å². The fourth-order valence-electron chi connectivity index (χ4n) is 2.11. The maximum atomic E-state index is 5.77. The minimum Gasteiger partial charge on any atom is -0.399 e. The second-order valence-electron chi connectivity index (χ2n) is 4.53. The van der Waals surface area contributed by atoms with Crippen LogP contribution in [0.25, 0.3) is 17.0 Å². The average Bonchev–Trinajstić information content (AvgIpc) is 2.72. The smallest absolute Gasteiger partial charge is 0.168 e. The molecule has 2 N–H and O–H groups in total. The number of hydrogen-bond donors (Lipinski definition) is 1. The van der Waals surface area contributed by atoms with Crippen molar-refractivity contribution in [3.05, 3.63) is 47.7 Å². The molecule has 3 aromatic rings. The summed E-state index contributed by atoms with van der Waals surface area (Å²) in [7, 11) is 0. The largest absolute Gasteiger partial charge is 0.399 e. The van der Waals surface area contributed by atoms with E-state index in [2.05, 4.69) is 10.2 Å². The molecule has 3 rings (SSSR count). The van der Waals surface area contributed by atoms with E-state index in [1.807, 2.05) is 54.8 Å². The SMILES string of the molecule is Cc1ccn2c(-c3ccc(N)cc3C)nnc2c1. The molecule has 0 saturated heterocycles. The first-order valence-corrected chi connectivity index (χ1v) is 5.83. The van der Waals surface area contributed by atoms with Crippen molar-refractivity contribution in [2.24, 2.45) is 0 Å². The summed E-state index contributed by atoms with van der Waals surface area (Å²) >= 11 is 0. The fraction of sp³-hybridized carbons (Fsp3) is 0.143. The molecule has 4 nitrogen and oxygen atoms in total. The van der Waals surface area contributed by atoms with Crippen LogP contribution in [0.3, 0.4) is 0 Å². The van der Waals surface area contributed by atoms with Crippen molar-refractivity contribution in [3.8, 4) is 11.4 Å². The van der Waals surface area contributed by atoms with Gasteiger partial charge < -0.3 is 5.73 Å². The van der Waals surface area contributed by atoms with Gasteiger partial charge in [0.25, 0.3) is 0 Å². The predicted octanol–water partition coefficient (Wildman–Crippen LogP) is 2.60. The van der Waals surface area contributed by atoms with E-state index < -0.39 is 0 Å². The summed E-state index contributed by atoms with van der Waals surface area (Å²) in [5.41, 5.74) is 10.7. The number of pyridine rings is 1. The van der Waals surface area contributed by atoms with E-state index in [0.29, 0.717) is 0 Å². The van der Waals surface area contributed by atoms with Gasteiger partial charge in [0.15, 0.2) is 11.5 Å². The predicted molar refractivity (Wildman–Crippen MR) is 72.3 cm³/mol. The first-order valence-electron chi connectivity index (χ1n) is 5.83. The van der Waals surface area contributed by atoms with Gasteiger partial charge in [0.1, 0.15) is 0 Å². The van der Waals surface area contributed by atoms with Crippen LogP contribution in [0, 0.1) is 13.8 Å². The Morgan fingerprint density at radius 3 is 2.67 bits per heavy atom. The monoisotopic (exact) mass is 238 g/mol. The molecule has 0 radical (unpaired) electrons. The molecule has 0 aliphatic heterocycles. The molecule has 2 aromatic heterocycles. The number of anilines is 1. The first kappa shape index (κ1) is 10.8. The van der Waals surface area contributed by atoms with Gasteiger partial charge in [-0.15, -0.1) is 10.2 Å². The molecule has 0 unspecified atom stereocenters. The molecule has 4 heteroatoms. The summed E-state index contributed by atoms with van der Waals surface area (Å²) in [6.07, 6.45) is 2.00. The number of nitrogens with two attached hydrogens (primary N) is 1. The average molecular weight is 238 g/mol. The summed E-state index contributed by atoms with van der Waals surface area (Å²) in [5.74, 6) is 0.850. The summed E-state index contributed by atoms with van der Waals surface area (Å²) < 4.78 is 1.99. The highest BCUT2D eigenvalue weighted by Gasteiger charge is 2.10. The minimum absolute atomic E-state index is 0.765. The number of nitrogens with zero attached hydrogens (tertiary/aromatic N) is 3. The number of benzene rings is 1. The Bertz CT molecular complexity index is 728. The zero-order chi connectivity index (χ0) is 12.7. The molecule has 18 heavy (non-hydrogen) atoms. The summed E-state index contributed by atoms with van der Waals surface area (Å²) in [5, 5.41) is 8.47. The van der Waals surface area contributed by atoms with Gasteiger partial charge >= 0.3 is 0 Å². The van der Waals surface area contributed by atoms with Crippen LogP contribution in [0.1, 0.15) is 11.1 Å². The second kappa shape index (κ2) is 3.84. The quantitative estimate of drug-likeness (QED) is 0.663. The molecule has 0 atom stereocenters. The Balaban J connectivity index is 2.25. The van der Waals surface area contributed by atoms with Crippen molar-refractivity contribution < 1.29 is 0 Å². The van der Waals surface area contributed by atoms with Crippen molar-refractivity contribution >= 4 is 11.3 Å². The van der Waals surface area contributed by atoms with Crippen molar-refractivity contribution in [2.75, 3.05) is 5.73 Å². The number of hydrogen-bond acceptors (Lipinski definition) is 3. The molecule has 0 aliphatic carbocycles. The first-order chi connectivity index (χ1) is 8.65. The number of aromatic nitrogens is 3. The van der Waals surface area contributed by atoms with E-state index in [9.17, 15) is 0 Å². The number of aryl methyl sites for hydroxylation is 2. The van der Waals surface area contributed by atoms with E-state index in [1.54, 1.807) is 0 Å². The number of nitrogen functional groups attached to an aromatic ring is 1. The van der Waals surface area contributed by atoms with Gasteiger partial charge in [0.05, 0.1) is 0 Å². The van der Waals surface area contributed by atoms with Crippen molar-refractivity contribution in [3.63, 3.8) is 0 Å². The van der Waals surface area contributed by atoms with Gasteiger partial charge in [-0.3, -0.25) is 4.40 Å². The Labute approximate surface area is 105 Å². The molecule has 0 aliphatic rings. The molecule has 0 amide bonds. The lowest BCUT2D eigenvalue weighted by Crippen LogP contribution is -1.93. The normalized spacial score (nSPS) is 11.0. The lowest BCUT2D eigenvalue weighted by atomic mass is 10.1. The van der Waals surface area contributed by atoms with E-state index in [4.69, 9.17) is 5.73 Å². The van der Waals surface area contributed by atoms with E-state index in [-0.39, 0.29) is 0 Å².